The summed E-state index contributed by atoms with van der Waals surface area (Å²) in [4.78, 5) is 27.6. The molecule has 0 aliphatic heterocycles. The lowest BCUT2D eigenvalue weighted by atomic mass is 10.2. The number of hydrogen-bond acceptors (Lipinski definition) is 3. The molecule has 0 unspecified atom stereocenters. The van der Waals surface area contributed by atoms with Crippen LogP contribution in [-0.2, 0) is 0 Å². The number of rotatable bonds is 1. The molecule has 0 spiro atoms. The Morgan fingerprint density at radius 1 is 1.45 bits per heavy atom. The first kappa shape index (κ1) is 7.65. The highest BCUT2D eigenvalue weighted by Gasteiger charge is 2.02. The van der Waals surface area contributed by atoms with Gasteiger partial charge in [0.15, 0.2) is 6.29 Å². The van der Waals surface area contributed by atoms with Crippen molar-refractivity contribution in [2.24, 2.45) is 0 Å². The lowest BCUT2D eigenvalue weighted by molar-refractivity contribution is 0.111. The molecular weight excluding hydrogens is 144 g/mol. The second-order valence-corrected chi connectivity index (χ2v) is 2.28. The van der Waals surface area contributed by atoms with Gasteiger partial charge in [-0.25, -0.2) is 4.98 Å². The van der Waals surface area contributed by atoms with Crippen molar-refractivity contribution in [3.63, 3.8) is 0 Å². The summed E-state index contributed by atoms with van der Waals surface area (Å²) in [7, 11) is 0. The molecule has 0 aromatic carbocycles. The minimum atomic E-state index is -0.250. The number of H-pyrrole nitrogens is 1. The van der Waals surface area contributed by atoms with Gasteiger partial charge >= 0.3 is 0 Å². The summed E-state index contributed by atoms with van der Waals surface area (Å²) in [5.74, 6) is 0.461. The maximum atomic E-state index is 11.0. The van der Waals surface area contributed by atoms with Crippen molar-refractivity contribution in [1.82, 2.24) is 9.97 Å². The van der Waals surface area contributed by atoms with E-state index in [4.69, 9.17) is 0 Å². The standard InChI is InChI=1S/C7H8N2O2/c1-4-6(3-10)8-5(2)9-7(4)11/h3H,1-2H3,(H,8,9,11). The first-order valence-electron chi connectivity index (χ1n) is 3.18. The molecule has 1 aromatic rings. The zero-order valence-corrected chi connectivity index (χ0v) is 6.34. The van der Waals surface area contributed by atoms with Crippen LogP contribution >= 0.6 is 0 Å². The Morgan fingerprint density at radius 2 is 2.09 bits per heavy atom. The van der Waals surface area contributed by atoms with Gasteiger partial charge in [0.1, 0.15) is 11.5 Å². The summed E-state index contributed by atoms with van der Waals surface area (Å²) in [6.07, 6.45) is 0.581. The molecule has 0 amide bonds. The normalized spacial score (nSPS) is 9.64. The number of aromatic amines is 1. The minimum Gasteiger partial charge on any atom is -0.311 e. The van der Waals surface area contributed by atoms with Crippen molar-refractivity contribution >= 4 is 6.29 Å². The molecule has 0 saturated carbocycles. The molecule has 0 bridgehead atoms. The van der Waals surface area contributed by atoms with Crippen LogP contribution in [-0.4, -0.2) is 16.3 Å². The van der Waals surface area contributed by atoms with E-state index in [-0.39, 0.29) is 11.3 Å². The number of aromatic nitrogens is 2. The summed E-state index contributed by atoms with van der Waals surface area (Å²) in [6.45, 7) is 3.20. The zero-order valence-electron chi connectivity index (χ0n) is 6.34. The molecule has 1 N–H and O–H groups in total. The van der Waals surface area contributed by atoms with Crippen molar-refractivity contribution in [3.05, 3.63) is 27.4 Å². The van der Waals surface area contributed by atoms with E-state index in [0.717, 1.165) is 0 Å². The summed E-state index contributed by atoms with van der Waals surface area (Å²) in [5.41, 5.74) is 0.330. The molecule has 1 aromatic heterocycles. The lowest BCUT2D eigenvalue weighted by Crippen LogP contribution is -2.15. The van der Waals surface area contributed by atoms with Crippen molar-refractivity contribution in [2.45, 2.75) is 13.8 Å². The van der Waals surface area contributed by atoms with Gasteiger partial charge in [0.25, 0.3) is 5.56 Å². The van der Waals surface area contributed by atoms with E-state index in [9.17, 15) is 9.59 Å². The molecule has 0 saturated heterocycles. The number of aryl methyl sites for hydroxylation is 1. The van der Waals surface area contributed by atoms with E-state index < -0.39 is 0 Å². The number of nitrogens with one attached hydrogen (secondary N) is 1. The first-order chi connectivity index (χ1) is 5.15. The van der Waals surface area contributed by atoms with E-state index in [1.165, 1.54) is 0 Å². The SMILES string of the molecule is Cc1nc(C=O)c(C)c(=O)[nH]1. The van der Waals surface area contributed by atoms with Crippen LogP contribution in [0, 0.1) is 13.8 Å². The van der Waals surface area contributed by atoms with Crippen molar-refractivity contribution in [1.29, 1.82) is 0 Å². The van der Waals surface area contributed by atoms with Gasteiger partial charge < -0.3 is 4.98 Å². The maximum absolute atomic E-state index is 11.0. The van der Waals surface area contributed by atoms with Crippen LogP contribution in [0.1, 0.15) is 21.9 Å². The summed E-state index contributed by atoms with van der Waals surface area (Å²) < 4.78 is 0. The van der Waals surface area contributed by atoms with Crippen LogP contribution in [0.25, 0.3) is 0 Å². The van der Waals surface area contributed by atoms with Gasteiger partial charge in [-0.3, -0.25) is 9.59 Å². The van der Waals surface area contributed by atoms with Crippen LogP contribution in [0.15, 0.2) is 4.79 Å². The van der Waals surface area contributed by atoms with Gasteiger partial charge in [0.2, 0.25) is 0 Å². The van der Waals surface area contributed by atoms with E-state index in [2.05, 4.69) is 9.97 Å². The highest BCUT2D eigenvalue weighted by atomic mass is 16.1. The Morgan fingerprint density at radius 3 is 2.64 bits per heavy atom. The number of hydrogen-bond donors (Lipinski definition) is 1. The van der Waals surface area contributed by atoms with Crippen LogP contribution < -0.4 is 5.56 Å². The van der Waals surface area contributed by atoms with Crippen molar-refractivity contribution in [3.8, 4) is 0 Å². The summed E-state index contributed by atoms with van der Waals surface area (Å²) >= 11 is 0. The fourth-order valence-corrected chi connectivity index (χ4v) is 0.782. The quantitative estimate of drug-likeness (QED) is 0.584. The average Bonchev–Trinajstić information content (AvgIpc) is 1.96. The first-order valence-corrected chi connectivity index (χ1v) is 3.18. The Kier molecular flexibility index (Phi) is 1.85. The van der Waals surface area contributed by atoms with Crippen LogP contribution in [0.3, 0.4) is 0 Å². The van der Waals surface area contributed by atoms with E-state index in [1.807, 2.05) is 0 Å². The molecule has 1 heterocycles. The predicted octanol–water partition coefficient (Wildman–Crippen LogP) is 0.199. The number of aldehydes is 1. The van der Waals surface area contributed by atoms with Crippen molar-refractivity contribution < 1.29 is 4.79 Å². The summed E-state index contributed by atoms with van der Waals surface area (Å²) in [5, 5.41) is 0. The van der Waals surface area contributed by atoms with Gasteiger partial charge in [-0.15, -0.1) is 0 Å². The highest BCUT2D eigenvalue weighted by Crippen LogP contribution is 1.93. The largest absolute Gasteiger partial charge is 0.311 e. The number of nitrogens with zero attached hydrogens (tertiary/aromatic N) is 1. The molecule has 4 heteroatoms. The summed E-state index contributed by atoms with van der Waals surface area (Å²) in [6, 6.07) is 0. The molecule has 0 fully saturated rings. The Hall–Kier alpha value is -1.45. The van der Waals surface area contributed by atoms with Gasteiger partial charge in [-0.2, -0.15) is 0 Å². The van der Waals surface area contributed by atoms with E-state index in [1.54, 1.807) is 13.8 Å². The van der Waals surface area contributed by atoms with Crippen molar-refractivity contribution in [2.75, 3.05) is 0 Å². The Bertz CT molecular complexity index is 341. The second kappa shape index (κ2) is 2.65. The zero-order chi connectivity index (χ0) is 8.43. The van der Waals surface area contributed by atoms with Crippen LogP contribution in [0.2, 0.25) is 0 Å². The van der Waals surface area contributed by atoms with Crippen LogP contribution in [0.4, 0.5) is 0 Å². The third-order valence-corrected chi connectivity index (χ3v) is 1.42. The number of carbonyl (C=O) groups is 1. The molecule has 0 atom stereocenters. The molecule has 0 aliphatic rings. The third-order valence-electron chi connectivity index (χ3n) is 1.42. The third kappa shape index (κ3) is 1.34. The van der Waals surface area contributed by atoms with Gasteiger partial charge in [-0.1, -0.05) is 0 Å². The fourth-order valence-electron chi connectivity index (χ4n) is 0.782. The number of carbonyl (C=O) groups excluding carboxylic acids is 1. The van der Waals surface area contributed by atoms with Gasteiger partial charge in [-0.05, 0) is 13.8 Å². The molecule has 11 heavy (non-hydrogen) atoms. The molecule has 1 rings (SSSR count). The maximum Gasteiger partial charge on any atom is 0.254 e. The molecular formula is C7H8N2O2. The highest BCUT2D eigenvalue weighted by molar-refractivity contribution is 5.73. The predicted molar refractivity (Wildman–Crippen MR) is 39.7 cm³/mol. The molecule has 4 nitrogen and oxygen atoms in total. The molecule has 58 valence electrons. The fraction of sp³-hybridized carbons (Fsp3) is 0.286. The smallest absolute Gasteiger partial charge is 0.254 e. The average molecular weight is 152 g/mol. The Labute approximate surface area is 63.3 Å². The lowest BCUT2D eigenvalue weighted by Gasteiger charge is -1.96. The second-order valence-electron chi connectivity index (χ2n) is 2.28. The molecule has 0 radical (unpaired) electrons. The topological polar surface area (TPSA) is 62.8 Å². The van der Waals surface area contributed by atoms with Crippen LogP contribution in [0.5, 0.6) is 0 Å². The monoisotopic (exact) mass is 152 g/mol. The van der Waals surface area contributed by atoms with E-state index >= 15 is 0 Å². The van der Waals surface area contributed by atoms with Gasteiger partial charge in [0.05, 0.1) is 0 Å². The minimum absolute atomic E-state index is 0.214. The molecule has 0 aliphatic carbocycles. The van der Waals surface area contributed by atoms with E-state index in [0.29, 0.717) is 17.7 Å². The van der Waals surface area contributed by atoms with Gasteiger partial charge in [0, 0.05) is 5.56 Å². The Balaban J connectivity index is 3.48.